The predicted molar refractivity (Wildman–Crippen MR) is 155 cm³/mol. The number of fused-ring (bicyclic) bond motifs is 2. The van der Waals surface area contributed by atoms with Crippen LogP contribution in [0.5, 0.6) is 23.0 Å². The first-order chi connectivity index (χ1) is 19.7. The number of esters is 2. The highest BCUT2D eigenvalue weighted by molar-refractivity contribution is 5.99. The molecule has 0 bridgehead atoms. The van der Waals surface area contributed by atoms with Gasteiger partial charge >= 0.3 is 11.9 Å². The largest absolute Gasteiger partial charge is 0.495 e. The maximum atomic E-state index is 13.6. The van der Waals surface area contributed by atoms with Crippen LogP contribution in [-0.2, 0) is 14.3 Å². The molecule has 2 aliphatic rings. The number of allylic oxidation sites excluding steroid dienone is 1. The number of methoxy groups -OCH3 is 2. The van der Waals surface area contributed by atoms with Gasteiger partial charge in [-0.2, -0.15) is 0 Å². The molecule has 0 N–H and O–H groups in total. The Hall–Kier alpha value is -4.07. The molecule has 218 valence electrons. The third-order valence-corrected chi connectivity index (χ3v) is 7.23. The van der Waals surface area contributed by atoms with Gasteiger partial charge in [-0.1, -0.05) is 24.8 Å². The summed E-state index contributed by atoms with van der Waals surface area (Å²) in [7, 11) is 3.05. The van der Waals surface area contributed by atoms with Gasteiger partial charge in [-0.25, -0.2) is 4.79 Å². The molecule has 2 heterocycles. The van der Waals surface area contributed by atoms with Crippen LogP contribution in [0.25, 0.3) is 6.08 Å². The molecular weight excluding hydrogens is 524 g/mol. The fraction of sp³-hybridized carbons (Fsp3) is 0.424. The standard InChI is InChI=1S/C33H38O8/c1-20(2)19-39-26-15-14-22(16-27(26)37-4)25-18-29(35)41-28-17-23-11-7-6-8-12-24(34)13-9-10-21(3)40-33(36)30(23)32(38-5)31(25)28/h7,11,14-17,21,25H,1,6,8-10,12-13,18-19H2,2-5H3/t21-,25-/m1/s1. The molecule has 2 atom stereocenters. The molecule has 2 aromatic rings. The van der Waals surface area contributed by atoms with E-state index in [1.54, 1.807) is 25.3 Å². The van der Waals surface area contributed by atoms with Gasteiger partial charge in [-0.15, -0.1) is 0 Å². The Morgan fingerprint density at radius 1 is 1.05 bits per heavy atom. The molecule has 0 amide bonds. The predicted octanol–water partition coefficient (Wildman–Crippen LogP) is 6.58. The maximum Gasteiger partial charge on any atom is 0.342 e. The van der Waals surface area contributed by atoms with Gasteiger partial charge in [-0.05, 0) is 74.4 Å². The molecule has 0 unspecified atom stereocenters. The number of benzene rings is 2. The summed E-state index contributed by atoms with van der Waals surface area (Å²) in [6, 6.07) is 7.19. The third-order valence-electron chi connectivity index (χ3n) is 7.23. The number of cyclic esters (lactones) is 1. The molecule has 0 radical (unpaired) electrons. The molecule has 0 aromatic heterocycles. The zero-order chi connectivity index (χ0) is 29.5. The number of carbonyl (C=O) groups is 3. The number of ketones is 1. The Balaban J connectivity index is 1.82. The average Bonchev–Trinajstić information content (AvgIpc) is 2.93. The van der Waals surface area contributed by atoms with Crippen LogP contribution >= 0.6 is 0 Å². The normalized spacial score (nSPS) is 19.7. The molecule has 2 aromatic carbocycles. The van der Waals surface area contributed by atoms with Crippen molar-refractivity contribution in [2.45, 2.75) is 70.8 Å². The third kappa shape index (κ3) is 7.17. The fourth-order valence-corrected chi connectivity index (χ4v) is 5.22. The molecular formula is C33H38O8. The second-order valence-corrected chi connectivity index (χ2v) is 10.6. The highest BCUT2D eigenvalue weighted by atomic mass is 16.5. The smallest absolute Gasteiger partial charge is 0.342 e. The van der Waals surface area contributed by atoms with Gasteiger partial charge in [0.1, 0.15) is 29.5 Å². The Labute approximate surface area is 241 Å². The first-order valence-corrected chi connectivity index (χ1v) is 14.0. The molecule has 0 spiro atoms. The van der Waals surface area contributed by atoms with E-state index in [2.05, 4.69) is 6.58 Å². The Morgan fingerprint density at radius 3 is 2.56 bits per heavy atom. The summed E-state index contributed by atoms with van der Waals surface area (Å²) < 4.78 is 28.9. The van der Waals surface area contributed by atoms with Gasteiger partial charge in [-0.3, -0.25) is 9.59 Å². The van der Waals surface area contributed by atoms with E-state index in [1.807, 2.05) is 32.1 Å². The first-order valence-electron chi connectivity index (χ1n) is 14.0. The topological polar surface area (TPSA) is 97.4 Å². The van der Waals surface area contributed by atoms with Crippen molar-refractivity contribution in [1.82, 2.24) is 0 Å². The number of ether oxygens (including phenoxy) is 5. The van der Waals surface area contributed by atoms with Gasteiger partial charge in [0.15, 0.2) is 11.5 Å². The second-order valence-electron chi connectivity index (χ2n) is 10.6. The lowest BCUT2D eigenvalue weighted by atomic mass is 9.83. The lowest BCUT2D eigenvalue weighted by molar-refractivity contribution is -0.135. The SMILES string of the molecule is C=C(C)COc1ccc([C@H]2CC(=O)Oc3cc4c(c(OC)c32)C(=O)O[C@H](C)CCCC(=O)CCCC=C4)cc1OC. The summed E-state index contributed by atoms with van der Waals surface area (Å²) >= 11 is 0. The zero-order valence-corrected chi connectivity index (χ0v) is 24.2. The van der Waals surface area contributed by atoms with Crippen LogP contribution in [0, 0.1) is 0 Å². The summed E-state index contributed by atoms with van der Waals surface area (Å²) in [6.45, 7) is 7.92. The number of hydrogen-bond donors (Lipinski definition) is 0. The van der Waals surface area contributed by atoms with Crippen LogP contribution < -0.4 is 18.9 Å². The van der Waals surface area contributed by atoms with E-state index in [1.165, 1.54) is 7.11 Å². The zero-order valence-electron chi connectivity index (χ0n) is 24.2. The summed E-state index contributed by atoms with van der Waals surface area (Å²) in [6.07, 6.45) is 6.98. The lowest BCUT2D eigenvalue weighted by Crippen LogP contribution is -2.24. The highest BCUT2D eigenvalue weighted by Crippen LogP contribution is 2.48. The van der Waals surface area contributed by atoms with Gasteiger partial charge in [0.25, 0.3) is 0 Å². The monoisotopic (exact) mass is 562 g/mol. The van der Waals surface area contributed by atoms with Crippen molar-refractivity contribution >= 4 is 23.8 Å². The minimum atomic E-state index is -0.531. The van der Waals surface area contributed by atoms with Crippen LogP contribution in [0.15, 0.2) is 42.5 Å². The minimum absolute atomic E-state index is 0.0482. The molecule has 0 saturated heterocycles. The molecule has 8 heteroatoms. The number of hydrogen-bond acceptors (Lipinski definition) is 8. The lowest BCUT2D eigenvalue weighted by Gasteiger charge is -2.29. The van der Waals surface area contributed by atoms with Crippen LogP contribution in [0.2, 0.25) is 0 Å². The van der Waals surface area contributed by atoms with E-state index in [-0.39, 0.29) is 23.9 Å². The summed E-state index contributed by atoms with van der Waals surface area (Å²) in [5.41, 5.74) is 3.04. The highest BCUT2D eigenvalue weighted by Gasteiger charge is 2.36. The summed E-state index contributed by atoms with van der Waals surface area (Å²) in [4.78, 5) is 38.6. The number of carbonyl (C=O) groups excluding carboxylic acids is 3. The molecule has 2 aliphatic heterocycles. The van der Waals surface area contributed by atoms with Gasteiger partial charge in [0.2, 0.25) is 0 Å². The van der Waals surface area contributed by atoms with E-state index < -0.39 is 17.9 Å². The van der Waals surface area contributed by atoms with Crippen LogP contribution in [0.1, 0.15) is 91.8 Å². The van der Waals surface area contributed by atoms with Crippen molar-refractivity contribution in [3.8, 4) is 23.0 Å². The van der Waals surface area contributed by atoms with Gasteiger partial charge in [0, 0.05) is 24.3 Å². The van der Waals surface area contributed by atoms with Crippen molar-refractivity contribution in [3.63, 3.8) is 0 Å². The van der Waals surface area contributed by atoms with E-state index in [0.717, 1.165) is 17.6 Å². The van der Waals surface area contributed by atoms with Crippen molar-refractivity contribution < 1.29 is 38.1 Å². The molecule has 41 heavy (non-hydrogen) atoms. The maximum absolute atomic E-state index is 13.6. The van der Waals surface area contributed by atoms with Crippen molar-refractivity contribution in [2.75, 3.05) is 20.8 Å². The molecule has 0 aliphatic carbocycles. The van der Waals surface area contributed by atoms with E-state index in [0.29, 0.717) is 72.8 Å². The van der Waals surface area contributed by atoms with Crippen molar-refractivity contribution in [2.24, 2.45) is 0 Å². The molecule has 0 fully saturated rings. The van der Waals surface area contributed by atoms with E-state index >= 15 is 0 Å². The van der Waals surface area contributed by atoms with Gasteiger partial charge < -0.3 is 23.7 Å². The van der Waals surface area contributed by atoms with Crippen LogP contribution in [0.4, 0.5) is 0 Å². The number of rotatable bonds is 6. The Kier molecular flexibility index (Phi) is 9.86. The summed E-state index contributed by atoms with van der Waals surface area (Å²) in [5.74, 6) is 0.516. The minimum Gasteiger partial charge on any atom is -0.495 e. The molecule has 0 saturated carbocycles. The van der Waals surface area contributed by atoms with E-state index in [9.17, 15) is 14.4 Å². The van der Waals surface area contributed by atoms with Crippen molar-refractivity contribution in [1.29, 1.82) is 0 Å². The Morgan fingerprint density at radius 2 is 1.83 bits per heavy atom. The fourth-order valence-electron chi connectivity index (χ4n) is 5.22. The number of Topliss-reactive ketones (excluding diaryl/α,β-unsaturated/α-hetero) is 1. The first kappa shape index (κ1) is 29.9. The second kappa shape index (κ2) is 13.5. The van der Waals surface area contributed by atoms with Crippen molar-refractivity contribution in [3.05, 3.63) is 64.7 Å². The quantitative estimate of drug-likeness (QED) is 0.221. The molecule has 4 rings (SSSR count). The van der Waals surface area contributed by atoms with Gasteiger partial charge in [0.05, 0.1) is 26.7 Å². The average molecular weight is 563 g/mol. The summed E-state index contributed by atoms with van der Waals surface area (Å²) in [5, 5.41) is 0. The molecule has 8 nitrogen and oxygen atoms in total. The van der Waals surface area contributed by atoms with E-state index in [4.69, 9.17) is 23.7 Å². The van der Waals surface area contributed by atoms with Crippen LogP contribution in [-0.4, -0.2) is 44.7 Å². The van der Waals surface area contributed by atoms with Crippen LogP contribution in [0.3, 0.4) is 0 Å². The Bertz CT molecular complexity index is 1360.